The van der Waals surface area contributed by atoms with Crippen LogP contribution in [-0.2, 0) is 14.4 Å². The van der Waals surface area contributed by atoms with Gasteiger partial charge in [-0.25, -0.2) is 0 Å². The third-order valence-corrected chi connectivity index (χ3v) is 9.92. The van der Waals surface area contributed by atoms with Crippen LogP contribution < -0.4 is 0 Å². The van der Waals surface area contributed by atoms with Crippen LogP contribution >= 0.6 is 0 Å². The van der Waals surface area contributed by atoms with Crippen molar-refractivity contribution in [3.63, 3.8) is 0 Å². The fraction of sp³-hybridized carbons (Fsp3) is 0.571. The second kappa shape index (κ2) is 7.20. The highest BCUT2D eigenvalue weighted by Gasteiger charge is 2.77. The molecule has 0 spiro atoms. The van der Waals surface area contributed by atoms with Crippen LogP contribution in [0.25, 0.3) is 0 Å². The molecule has 1 fully saturated rings. The zero-order chi connectivity index (χ0) is 25.7. The number of carbonyl (C=O) groups excluding carboxylic acids is 4. The number of rotatable bonds is 2. The maximum atomic E-state index is 14.3. The van der Waals surface area contributed by atoms with Gasteiger partial charge in [0.1, 0.15) is 5.75 Å². The number of allylic oxidation sites excluding steroid dienone is 1. The van der Waals surface area contributed by atoms with E-state index in [1.165, 1.54) is 13.0 Å². The number of aliphatic hydroxyl groups is 1. The summed E-state index contributed by atoms with van der Waals surface area (Å²) in [5.74, 6) is -5.65. The molecule has 1 aromatic rings. The van der Waals surface area contributed by atoms with E-state index in [4.69, 9.17) is 0 Å². The SMILES string of the molecule is CC(=O)C1=C(C)[C@@H](C(C)C)[C@]2(C)[C@@H](C)[C@@]3(C)C(C(=O)c4c(O)cccc4[C@@H]3C)C(=O)[C@]2(O)C1=O. The molecule has 0 radical (unpaired) electrons. The predicted molar refractivity (Wildman–Crippen MR) is 126 cm³/mol. The van der Waals surface area contributed by atoms with Crippen molar-refractivity contribution in [1.82, 2.24) is 0 Å². The zero-order valence-corrected chi connectivity index (χ0v) is 21.1. The molecule has 34 heavy (non-hydrogen) atoms. The van der Waals surface area contributed by atoms with Gasteiger partial charge < -0.3 is 10.2 Å². The molecule has 2 N–H and O–H groups in total. The molecule has 6 nitrogen and oxygen atoms in total. The van der Waals surface area contributed by atoms with E-state index < -0.39 is 57.3 Å². The Bertz CT molecular complexity index is 1190. The number of Topliss-reactive ketones (excluding diaryl/α,β-unsaturated/α-hetero) is 4. The van der Waals surface area contributed by atoms with Crippen LogP contribution in [0.15, 0.2) is 29.3 Å². The summed E-state index contributed by atoms with van der Waals surface area (Å²) in [5, 5.41) is 22.7. The maximum absolute atomic E-state index is 14.3. The van der Waals surface area contributed by atoms with Crippen LogP contribution in [0.4, 0.5) is 0 Å². The molecule has 6 heteroatoms. The molecular weight excluding hydrogens is 432 g/mol. The molecule has 0 aromatic heterocycles. The molecule has 0 amide bonds. The van der Waals surface area contributed by atoms with E-state index in [1.807, 2.05) is 34.6 Å². The standard InChI is InChI=1S/C28H34O6/c1-12(2)21-13(3)19(15(5)29)24(32)28(34)25(33)22-23(31)20-17(10-9-11-18(20)30)14(4)26(22,7)16(6)27(21,28)8/h9-12,14,16,21-22,30,34H,1-8H3/t14-,16-,21+,22?,26-,27-,28+/m0/s1. The summed E-state index contributed by atoms with van der Waals surface area (Å²) < 4.78 is 0. The smallest absolute Gasteiger partial charge is 0.206 e. The molecule has 1 unspecified atom stereocenters. The fourth-order valence-corrected chi connectivity index (χ4v) is 8.11. The average molecular weight is 467 g/mol. The number of phenols is 1. The first kappa shape index (κ1) is 24.5. The van der Waals surface area contributed by atoms with Gasteiger partial charge >= 0.3 is 0 Å². The van der Waals surface area contributed by atoms with E-state index in [9.17, 15) is 29.4 Å². The van der Waals surface area contributed by atoms with Crippen LogP contribution in [0, 0.1) is 34.5 Å². The van der Waals surface area contributed by atoms with Crippen LogP contribution in [0.3, 0.4) is 0 Å². The number of carbonyl (C=O) groups is 4. The Morgan fingerprint density at radius 2 is 1.68 bits per heavy atom. The lowest BCUT2D eigenvalue weighted by Crippen LogP contribution is -2.77. The molecule has 4 rings (SSSR count). The second-order valence-corrected chi connectivity index (χ2v) is 11.4. The first-order chi connectivity index (χ1) is 15.6. The number of ketones is 4. The minimum Gasteiger partial charge on any atom is -0.507 e. The quantitative estimate of drug-likeness (QED) is 0.503. The Balaban J connectivity index is 2.11. The van der Waals surface area contributed by atoms with Crippen LogP contribution in [0.5, 0.6) is 5.75 Å². The van der Waals surface area contributed by atoms with Crippen molar-refractivity contribution in [1.29, 1.82) is 0 Å². The highest BCUT2D eigenvalue weighted by atomic mass is 16.3. The van der Waals surface area contributed by atoms with E-state index in [0.29, 0.717) is 11.1 Å². The van der Waals surface area contributed by atoms with Gasteiger partial charge in [-0.3, -0.25) is 19.2 Å². The molecule has 0 bridgehead atoms. The van der Waals surface area contributed by atoms with Crippen molar-refractivity contribution >= 4 is 23.1 Å². The number of phenolic OH excluding ortho intramolecular Hbond substituents is 1. The lowest BCUT2D eigenvalue weighted by Gasteiger charge is -2.66. The number of fused-ring (bicyclic) bond motifs is 3. The average Bonchev–Trinajstić information content (AvgIpc) is 2.73. The van der Waals surface area contributed by atoms with Crippen molar-refractivity contribution in [2.75, 3.05) is 0 Å². The number of benzene rings is 1. The van der Waals surface area contributed by atoms with E-state index in [2.05, 4.69) is 0 Å². The Hall–Kier alpha value is -2.60. The third kappa shape index (κ3) is 2.45. The predicted octanol–water partition coefficient (Wildman–Crippen LogP) is 4.03. The first-order valence-corrected chi connectivity index (χ1v) is 12.0. The molecule has 1 saturated carbocycles. The molecule has 7 atom stereocenters. The van der Waals surface area contributed by atoms with Gasteiger partial charge in [-0.05, 0) is 54.6 Å². The van der Waals surface area contributed by atoms with Gasteiger partial charge in [-0.2, -0.15) is 0 Å². The summed E-state index contributed by atoms with van der Waals surface area (Å²) in [7, 11) is 0. The van der Waals surface area contributed by atoms with Crippen molar-refractivity contribution in [2.45, 2.75) is 66.9 Å². The van der Waals surface area contributed by atoms with Crippen LogP contribution in [0.1, 0.15) is 77.2 Å². The van der Waals surface area contributed by atoms with Gasteiger partial charge in [0.2, 0.25) is 5.78 Å². The summed E-state index contributed by atoms with van der Waals surface area (Å²) in [6.07, 6.45) is 0. The van der Waals surface area contributed by atoms with Crippen molar-refractivity contribution in [3.8, 4) is 5.75 Å². The molecule has 0 heterocycles. The second-order valence-electron chi connectivity index (χ2n) is 11.4. The summed E-state index contributed by atoms with van der Waals surface area (Å²) in [6, 6.07) is 4.88. The largest absolute Gasteiger partial charge is 0.507 e. The number of hydrogen-bond donors (Lipinski definition) is 2. The summed E-state index contributed by atoms with van der Waals surface area (Å²) in [5.41, 5.74) is -3.49. The van der Waals surface area contributed by atoms with Gasteiger partial charge in [0.25, 0.3) is 0 Å². The van der Waals surface area contributed by atoms with Gasteiger partial charge in [-0.1, -0.05) is 59.2 Å². The Morgan fingerprint density at radius 3 is 2.21 bits per heavy atom. The third-order valence-electron chi connectivity index (χ3n) is 9.92. The van der Waals surface area contributed by atoms with Crippen LogP contribution in [0.2, 0.25) is 0 Å². The van der Waals surface area contributed by atoms with Crippen molar-refractivity contribution < 1.29 is 29.4 Å². The number of aromatic hydroxyl groups is 1. The van der Waals surface area contributed by atoms with E-state index >= 15 is 0 Å². The monoisotopic (exact) mass is 466 g/mol. The maximum Gasteiger partial charge on any atom is 0.206 e. The minimum absolute atomic E-state index is 0.0763. The molecule has 0 aliphatic heterocycles. The lowest BCUT2D eigenvalue weighted by molar-refractivity contribution is -0.211. The summed E-state index contributed by atoms with van der Waals surface area (Å²) in [6.45, 7) is 14.5. The molecule has 0 saturated heterocycles. The van der Waals surface area contributed by atoms with Crippen molar-refractivity contribution in [3.05, 3.63) is 40.5 Å². The Labute approximate surface area is 200 Å². The molecule has 182 valence electrons. The van der Waals surface area contributed by atoms with Crippen molar-refractivity contribution in [2.24, 2.45) is 34.5 Å². The molecule has 3 aliphatic rings. The Kier molecular flexibility index (Phi) is 5.19. The minimum atomic E-state index is -2.52. The van der Waals surface area contributed by atoms with E-state index in [-0.39, 0.29) is 28.7 Å². The summed E-state index contributed by atoms with van der Waals surface area (Å²) in [4.78, 5) is 54.5. The molecule has 3 aliphatic carbocycles. The van der Waals surface area contributed by atoms with Gasteiger partial charge in [-0.15, -0.1) is 0 Å². The van der Waals surface area contributed by atoms with Crippen LogP contribution in [-0.4, -0.2) is 38.9 Å². The lowest BCUT2D eigenvalue weighted by atomic mass is 9.35. The van der Waals surface area contributed by atoms with E-state index in [0.717, 1.165) is 0 Å². The first-order valence-electron chi connectivity index (χ1n) is 12.0. The normalized spacial score (nSPS) is 39.6. The molecular formula is C28H34O6. The Morgan fingerprint density at radius 1 is 1.09 bits per heavy atom. The zero-order valence-electron chi connectivity index (χ0n) is 21.1. The highest BCUT2D eigenvalue weighted by Crippen LogP contribution is 2.69. The summed E-state index contributed by atoms with van der Waals surface area (Å²) >= 11 is 0. The number of hydrogen-bond acceptors (Lipinski definition) is 6. The fourth-order valence-electron chi connectivity index (χ4n) is 8.11. The van der Waals surface area contributed by atoms with E-state index in [1.54, 1.807) is 26.0 Å². The van der Waals surface area contributed by atoms with Gasteiger partial charge in [0, 0.05) is 5.41 Å². The highest BCUT2D eigenvalue weighted by molar-refractivity contribution is 6.33. The topological polar surface area (TPSA) is 109 Å². The van der Waals surface area contributed by atoms with Gasteiger partial charge in [0.05, 0.1) is 17.1 Å². The molecule has 1 aromatic carbocycles. The van der Waals surface area contributed by atoms with Gasteiger partial charge in [0.15, 0.2) is 23.0 Å².